The minimum absolute atomic E-state index is 0.0316. The first kappa shape index (κ1) is 22.4. The van der Waals surface area contributed by atoms with Crippen molar-refractivity contribution in [2.24, 2.45) is 0 Å². The van der Waals surface area contributed by atoms with Crippen LogP contribution in [0.25, 0.3) is 11.1 Å². The van der Waals surface area contributed by atoms with Gasteiger partial charge >= 0.3 is 0 Å². The van der Waals surface area contributed by atoms with Crippen molar-refractivity contribution in [2.45, 2.75) is 0 Å². The minimum atomic E-state index is 0.0316. The molecule has 0 fully saturated rings. The second-order valence-corrected chi connectivity index (χ2v) is 10.5. The largest absolute Gasteiger partial charge is 0.458 e. The van der Waals surface area contributed by atoms with Crippen molar-refractivity contribution < 1.29 is 14.2 Å². The third kappa shape index (κ3) is 3.29. The summed E-state index contributed by atoms with van der Waals surface area (Å²) >= 11 is 0. The predicted octanol–water partition coefficient (Wildman–Crippen LogP) is 7.66. The van der Waals surface area contributed by atoms with Crippen LogP contribution in [0, 0.1) is 0 Å². The molecule has 0 amide bonds. The Kier molecular flexibility index (Phi) is 4.67. The maximum Gasteiger partial charge on any atom is 0.260 e. The number of rotatable bonds is 2. The summed E-state index contributed by atoms with van der Waals surface area (Å²) in [5.74, 6) is 5.08. The molecule has 0 unspecified atom stereocenters. The molecule has 0 atom stereocenters. The first-order chi connectivity index (χ1) is 20.3. The van der Waals surface area contributed by atoms with Crippen molar-refractivity contribution in [3.63, 3.8) is 0 Å². The van der Waals surface area contributed by atoms with Crippen molar-refractivity contribution in [3.8, 4) is 45.6 Å². The van der Waals surface area contributed by atoms with Crippen LogP contribution >= 0.6 is 0 Å². The minimum Gasteiger partial charge on any atom is -0.458 e. The Morgan fingerprint density at radius 3 is 2.02 bits per heavy atom. The van der Waals surface area contributed by atoms with Gasteiger partial charge in [0.2, 0.25) is 0 Å². The van der Waals surface area contributed by atoms with Crippen LogP contribution in [-0.4, -0.2) is 6.71 Å². The molecule has 41 heavy (non-hydrogen) atoms. The van der Waals surface area contributed by atoms with Gasteiger partial charge in [0.15, 0.2) is 11.5 Å². The molecule has 0 radical (unpaired) electrons. The Hall–Kier alpha value is -5.42. The molecule has 3 aliphatic rings. The monoisotopic (exact) mass is 527 g/mol. The van der Waals surface area contributed by atoms with Crippen molar-refractivity contribution in [3.05, 3.63) is 133 Å². The highest BCUT2D eigenvalue weighted by Crippen LogP contribution is 2.51. The number of nitrogens with zero attached hydrogens (tertiary/aromatic N) is 1. The molecular weight excluding hydrogens is 505 g/mol. The summed E-state index contributed by atoms with van der Waals surface area (Å²) in [5.41, 5.74) is 8.53. The zero-order chi connectivity index (χ0) is 26.9. The van der Waals surface area contributed by atoms with Crippen molar-refractivity contribution in [1.29, 1.82) is 0 Å². The van der Waals surface area contributed by atoms with E-state index >= 15 is 0 Å². The van der Waals surface area contributed by atoms with E-state index in [4.69, 9.17) is 14.2 Å². The van der Waals surface area contributed by atoms with E-state index < -0.39 is 0 Å². The summed E-state index contributed by atoms with van der Waals surface area (Å²) in [5, 5.41) is 0. The summed E-state index contributed by atoms with van der Waals surface area (Å²) in [6.45, 7) is 0.0316. The molecule has 0 saturated heterocycles. The molecule has 192 valence electrons. The van der Waals surface area contributed by atoms with Crippen LogP contribution in [0.5, 0.6) is 34.5 Å². The highest BCUT2D eigenvalue weighted by atomic mass is 16.5. The maximum atomic E-state index is 6.68. The Morgan fingerprint density at radius 2 is 1.12 bits per heavy atom. The van der Waals surface area contributed by atoms with E-state index in [1.54, 1.807) is 0 Å². The van der Waals surface area contributed by atoms with E-state index in [-0.39, 0.29) is 6.71 Å². The number of fused-ring (bicyclic) bond motifs is 6. The quantitative estimate of drug-likeness (QED) is 0.216. The summed E-state index contributed by atoms with van der Waals surface area (Å²) in [7, 11) is 0. The van der Waals surface area contributed by atoms with Crippen LogP contribution in [0.15, 0.2) is 133 Å². The van der Waals surface area contributed by atoms with Gasteiger partial charge in [0.25, 0.3) is 6.71 Å². The molecule has 9 rings (SSSR count). The fourth-order valence-corrected chi connectivity index (χ4v) is 6.41. The number of ether oxygens (including phenoxy) is 3. The summed E-state index contributed by atoms with van der Waals surface area (Å²) < 4.78 is 19.5. The summed E-state index contributed by atoms with van der Waals surface area (Å²) in [6.07, 6.45) is 0. The van der Waals surface area contributed by atoms with Gasteiger partial charge in [0.1, 0.15) is 23.0 Å². The number of para-hydroxylation sites is 5. The highest BCUT2D eigenvalue weighted by molar-refractivity contribution is 6.98. The van der Waals surface area contributed by atoms with Crippen molar-refractivity contribution in [1.82, 2.24) is 0 Å². The van der Waals surface area contributed by atoms with E-state index in [1.807, 2.05) is 54.6 Å². The second kappa shape index (κ2) is 8.54. The Balaban J connectivity index is 1.21. The molecule has 6 aromatic rings. The van der Waals surface area contributed by atoms with Gasteiger partial charge in [0.05, 0.1) is 11.4 Å². The lowest BCUT2D eigenvalue weighted by molar-refractivity contribution is 0.465. The first-order valence-electron chi connectivity index (χ1n) is 13.8. The molecular formula is C36H22BNO3. The molecule has 5 heteroatoms. The van der Waals surface area contributed by atoms with E-state index in [9.17, 15) is 0 Å². The molecule has 0 N–H and O–H groups in total. The lowest BCUT2D eigenvalue weighted by atomic mass is 9.34. The van der Waals surface area contributed by atoms with Gasteiger partial charge in [-0.1, -0.05) is 78.9 Å². The van der Waals surface area contributed by atoms with Gasteiger partial charge in [-0.05, 0) is 71.1 Å². The molecule has 4 nitrogen and oxygen atoms in total. The summed E-state index contributed by atoms with van der Waals surface area (Å²) in [4.78, 5) is 2.26. The standard InChI is InChI=1S/C36H22BNO3/c1-2-10-24(11-3-1)38-28-15-5-7-17-31(28)40-34-22-23(20-21-29(34)38)25-12-8-14-27-36(25)41-33-19-9-18-32-35(33)37(27)26-13-4-6-16-30(26)39-32/h1-22H. The van der Waals surface area contributed by atoms with E-state index in [1.165, 1.54) is 0 Å². The smallest absolute Gasteiger partial charge is 0.260 e. The van der Waals surface area contributed by atoms with E-state index in [0.717, 1.165) is 79.1 Å². The fourth-order valence-electron chi connectivity index (χ4n) is 6.41. The average Bonchev–Trinajstić information content (AvgIpc) is 3.03. The average molecular weight is 527 g/mol. The molecule has 6 aromatic carbocycles. The number of benzene rings is 6. The van der Waals surface area contributed by atoms with Crippen molar-refractivity contribution >= 4 is 40.2 Å². The molecule has 0 aromatic heterocycles. The van der Waals surface area contributed by atoms with Crippen LogP contribution in [0.4, 0.5) is 17.1 Å². The van der Waals surface area contributed by atoms with Gasteiger partial charge < -0.3 is 19.1 Å². The first-order valence-corrected chi connectivity index (χ1v) is 13.8. The number of hydrogen-bond acceptors (Lipinski definition) is 4. The third-order valence-electron chi connectivity index (χ3n) is 8.19. The van der Waals surface area contributed by atoms with Crippen LogP contribution < -0.4 is 35.5 Å². The predicted molar refractivity (Wildman–Crippen MR) is 164 cm³/mol. The molecule has 0 bridgehead atoms. The van der Waals surface area contributed by atoms with Crippen LogP contribution in [-0.2, 0) is 0 Å². The second-order valence-electron chi connectivity index (χ2n) is 10.5. The number of anilines is 3. The Labute approximate surface area is 238 Å². The molecule has 0 spiro atoms. The third-order valence-corrected chi connectivity index (χ3v) is 8.19. The highest BCUT2D eigenvalue weighted by Gasteiger charge is 2.40. The normalized spacial score (nSPS) is 13.4. The zero-order valence-corrected chi connectivity index (χ0v) is 22.0. The maximum absolute atomic E-state index is 6.68. The van der Waals surface area contributed by atoms with Crippen LogP contribution in [0.2, 0.25) is 0 Å². The van der Waals surface area contributed by atoms with Crippen LogP contribution in [0.1, 0.15) is 0 Å². The van der Waals surface area contributed by atoms with Gasteiger partial charge in [-0.15, -0.1) is 0 Å². The van der Waals surface area contributed by atoms with E-state index in [2.05, 4.69) is 83.8 Å². The fraction of sp³-hybridized carbons (Fsp3) is 0. The zero-order valence-electron chi connectivity index (χ0n) is 22.0. The van der Waals surface area contributed by atoms with Gasteiger partial charge in [-0.25, -0.2) is 0 Å². The van der Waals surface area contributed by atoms with Crippen molar-refractivity contribution in [2.75, 3.05) is 4.90 Å². The molecule has 3 aliphatic heterocycles. The Bertz CT molecular complexity index is 2010. The lowest BCUT2D eigenvalue weighted by Crippen LogP contribution is -2.57. The van der Waals surface area contributed by atoms with Gasteiger partial charge in [-0.3, -0.25) is 0 Å². The SMILES string of the molecule is c1ccc(N2c3ccccc3Oc3cc(-c4cccc5c4Oc4cccc6c4B5c4ccccc4O6)ccc32)cc1. The molecule has 0 saturated carbocycles. The summed E-state index contributed by atoms with van der Waals surface area (Å²) in [6, 6.07) is 45.8. The number of hydrogen-bond donors (Lipinski definition) is 0. The van der Waals surface area contributed by atoms with E-state index in [0.29, 0.717) is 0 Å². The van der Waals surface area contributed by atoms with Gasteiger partial charge in [-0.2, -0.15) is 0 Å². The lowest BCUT2D eigenvalue weighted by Gasteiger charge is -2.34. The topological polar surface area (TPSA) is 30.9 Å². The Morgan fingerprint density at radius 1 is 0.463 bits per heavy atom. The molecule has 3 heterocycles. The van der Waals surface area contributed by atoms with Crippen LogP contribution in [0.3, 0.4) is 0 Å². The van der Waals surface area contributed by atoms with Gasteiger partial charge in [0, 0.05) is 16.7 Å². The molecule has 0 aliphatic carbocycles.